The monoisotopic (exact) mass is 375 g/mol. The molecule has 1 heterocycles. The first-order valence-corrected chi connectivity index (χ1v) is 8.65. The van der Waals surface area contributed by atoms with Gasteiger partial charge in [0.1, 0.15) is 0 Å². The molecule has 0 bridgehead atoms. The van der Waals surface area contributed by atoms with Crippen molar-refractivity contribution in [3.63, 3.8) is 0 Å². The van der Waals surface area contributed by atoms with Crippen LogP contribution in [0.4, 0.5) is 0 Å². The van der Waals surface area contributed by atoms with Gasteiger partial charge in [-0.2, -0.15) is 10.2 Å². The van der Waals surface area contributed by atoms with E-state index in [0.29, 0.717) is 18.5 Å². The molecule has 3 aromatic rings. The number of nitrogens with zero attached hydrogens (tertiary/aromatic N) is 3. The van der Waals surface area contributed by atoms with Gasteiger partial charge in [0.05, 0.1) is 18.0 Å². The summed E-state index contributed by atoms with van der Waals surface area (Å²) in [6.45, 7) is 0.570. The van der Waals surface area contributed by atoms with Crippen molar-refractivity contribution in [2.75, 3.05) is 0 Å². The van der Waals surface area contributed by atoms with Gasteiger partial charge in [-0.05, 0) is 40.3 Å². The summed E-state index contributed by atoms with van der Waals surface area (Å²) < 4.78 is 1.88. The van der Waals surface area contributed by atoms with Crippen molar-refractivity contribution < 1.29 is 9.90 Å². The number of carboxylic acid groups (broad SMARTS) is 1. The standard InChI is InChI=1S/C21H21N5O2/c22-24-10-15-4-6-16(7-5-15)12-26-13-19(20(14-26)21(27)28)9-17-2-1-3-18(8-17)11-25-23/h1-8,10-11,13-14H,9,12,22-23H2,(H,27,28). The second kappa shape index (κ2) is 8.68. The zero-order valence-corrected chi connectivity index (χ0v) is 15.2. The number of hydrazone groups is 2. The van der Waals surface area contributed by atoms with Crippen LogP contribution >= 0.6 is 0 Å². The molecule has 3 rings (SSSR count). The molecule has 0 fully saturated rings. The molecule has 0 amide bonds. The van der Waals surface area contributed by atoms with Gasteiger partial charge in [0.15, 0.2) is 0 Å². The van der Waals surface area contributed by atoms with E-state index in [1.165, 1.54) is 0 Å². The summed E-state index contributed by atoms with van der Waals surface area (Å²) in [5.74, 6) is 9.42. The van der Waals surface area contributed by atoms with Gasteiger partial charge in [0, 0.05) is 18.9 Å². The number of benzene rings is 2. The lowest BCUT2D eigenvalue weighted by atomic mass is 10.0. The topological polar surface area (TPSA) is 119 Å². The Morgan fingerprint density at radius 3 is 2.36 bits per heavy atom. The van der Waals surface area contributed by atoms with Gasteiger partial charge in [-0.1, -0.05) is 42.5 Å². The summed E-state index contributed by atoms with van der Waals surface area (Å²) in [7, 11) is 0. The highest BCUT2D eigenvalue weighted by Crippen LogP contribution is 2.18. The number of carboxylic acids is 1. The molecular weight excluding hydrogens is 354 g/mol. The number of hydrogen-bond donors (Lipinski definition) is 3. The third kappa shape index (κ3) is 4.64. The summed E-state index contributed by atoms with van der Waals surface area (Å²) in [5.41, 5.74) is 4.87. The van der Waals surface area contributed by atoms with E-state index in [1.54, 1.807) is 18.6 Å². The van der Waals surface area contributed by atoms with E-state index in [0.717, 1.165) is 27.8 Å². The zero-order chi connectivity index (χ0) is 19.9. The molecule has 2 aromatic carbocycles. The van der Waals surface area contributed by atoms with Gasteiger partial charge < -0.3 is 21.4 Å². The molecule has 0 spiro atoms. The highest BCUT2D eigenvalue weighted by Gasteiger charge is 2.14. The van der Waals surface area contributed by atoms with Crippen molar-refractivity contribution in [3.05, 3.63) is 94.3 Å². The van der Waals surface area contributed by atoms with E-state index < -0.39 is 5.97 Å². The van der Waals surface area contributed by atoms with Crippen LogP contribution in [-0.2, 0) is 13.0 Å². The Morgan fingerprint density at radius 1 is 0.964 bits per heavy atom. The van der Waals surface area contributed by atoms with E-state index in [-0.39, 0.29) is 0 Å². The normalized spacial score (nSPS) is 11.4. The van der Waals surface area contributed by atoms with Crippen LogP contribution in [0.25, 0.3) is 0 Å². The first kappa shape index (κ1) is 18.9. The summed E-state index contributed by atoms with van der Waals surface area (Å²) in [6, 6.07) is 15.4. The maximum absolute atomic E-state index is 11.7. The molecule has 0 saturated heterocycles. The fourth-order valence-corrected chi connectivity index (χ4v) is 3.08. The van der Waals surface area contributed by atoms with Gasteiger partial charge in [0.25, 0.3) is 0 Å². The number of aromatic carboxylic acids is 1. The Bertz CT molecular complexity index is 1020. The SMILES string of the molecule is NN=Cc1ccc(Cn2cc(Cc3cccc(C=NN)c3)c(C(=O)O)c2)cc1. The molecule has 28 heavy (non-hydrogen) atoms. The molecule has 1 aromatic heterocycles. The Morgan fingerprint density at radius 2 is 1.68 bits per heavy atom. The molecule has 5 N–H and O–H groups in total. The molecular formula is C21H21N5O2. The lowest BCUT2D eigenvalue weighted by Gasteiger charge is -2.04. The highest BCUT2D eigenvalue weighted by molar-refractivity contribution is 5.89. The fraction of sp³-hybridized carbons (Fsp3) is 0.0952. The summed E-state index contributed by atoms with van der Waals surface area (Å²) >= 11 is 0. The van der Waals surface area contributed by atoms with Crippen molar-refractivity contribution in [1.82, 2.24) is 4.57 Å². The average molecular weight is 375 g/mol. The summed E-state index contributed by atoms with van der Waals surface area (Å²) in [4.78, 5) is 11.7. The second-order valence-electron chi connectivity index (χ2n) is 6.39. The Balaban J connectivity index is 1.83. The van der Waals surface area contributed by atoms with Crippen molar-refractivity contribution in [2.45, 2.75) is 13.0 Å². The maximum atomic E-state index is 11.7. The summed E-state index contributed by atoms with van der Waals surface area (Å²) in [5, 5.41) is 16.6. The van der Waals surface area contributed by atoms with Crippen molar-refractivity contribution >= 4 is 18.4 Å². The minimum absolute atomic E-state index is 0.296. The molecule has 7 heteroatoms. The molecule has 0 atom stereocenters. The van der Waals surface area contributed by atoms with Crippen LogP contribution in [-0.4, -0.2) is 28.1 Å². The lowest BCUT2D eigenvalue weighted by Crippen LogP contribution is -2.00. The third-order valence-corrected chi connectivity index (χ3v) is 4.33. The average Bonchev–Trinajstić information content (AvgIpc) is 3.07. The predicted molar refractivity (Wildman–Crippen MR) is 110 cm³/mol. The number of nitrogens with two attached hydrogens (primary N) is 2. The predicted octanol–water partition coefficient (Wildman–Crippen LogP) is 2.41. The number of aromatic nitrogens is 1. The van der Waals surface area contributed by atoms with Crippen LogP contribution in [0.5, 0.6) is 0 Å². The molecule has 0 aliphatic carbocycles. The van der Waals surface area contributed by atoms with Gasteiger partial charge >= 0.3 is 5.97 Å². The summed E-state index contributed by atoms with van der Waals surface area (Å²) in [6.07, 6.45) is 7.18. The lowest BCUT2D eigenvalue weighted by molar-refractivity contribution is 0.0696. The number of carbonyl (C=O) groups is 1. The Hall–Kier alpha value is -3.87. The van der Waals surface area contributed by atoms with E-state index in [1.807, 2.05) is 59.3 Å². The molecule has 0 unspecified atom stereocenters. The van der Waals surface area contributed by atoms with E-state index in [4.69, 9.17) is 11.7 Å². The van der Waals surface area contributed by atoms with Crippen molar-refractivity contribution in [2.24, 2.45) is 21.9 Å². The molecule has 7 nitrogen and oxygen atoms in total. The number of rotatable bonds is 7. The molecule has 0 radical (unpaired) electrons. The largest absolute Gasteiger partial charge is 0.478 e. The van der Waals surface area contributed by atoms with E-state index in [2.05, 4.69) is 10.2 Å². The fourth-order valence-electron chi connectivity index (χ4n) is 3.08. The number of hydrogen-bond acceptors (Lipinski definition) is 5. The minimum atomic E-state index is -0.942. The van der Waals surface area contributed by atoms with Gasteiger partial charge in [-0.3, -0.25) is 0 Å². The highest BCUT2D eigenvalue weighted by atomic mass is 16.4. The van der Waals surface area contributed by atoms with Crippen molar-refractivity contribution in [3.8, 4) is 0 Å². The zero-order valence-electron chi connectivity index (χ0n) is 15.2. The Kier molecular flexibility index (Phi) is 5.86. The smallest absolute Gasteiger partial charge is 0.337 e. The minimum Gasteiger partial charge on any atom is -0.478 e. The molecule has 0 saturated carbocycles. The van der Waals surface area contributed by atoms with Gasteiger partial charge in [0.2, 0.25) is 0 Å². The van der Waals surface area contributed by atoms with Crippen LogP contribution in [0.15, 0.2) is 71.1 Å². The van der Waals surface area contributed by atoms with Gasteiger partial charge in [-0.25, -0.2) is 4.79 Å². The van der Waals surface area contributed by atoms with Crippen LogP contribution in [0, 0.1) is 0 Å². The molecule has 0 aliphatic heterocycles. The van der Waals surface area contributed by atoms with Gasteiger partial charge in [-0.15, -0.1) is 0 Å². The maximum Gasteiger partial charge on any atom is 0.337 e. The van der Waals surface area contributed by atoms with Crippen LogP contribution in [0.3, 0.4) is 0 Å². The third-order valence-electron chi connectivity index (χ3n) is 4.33. The quantitative estimate of drug-likeness (QED) is 0.334. The van der Waals surface area contributed by atoms with Crippen molar-refractivity contribution in [1.29, 1.82) is 0 Å². The van der Waals surface area contributed by atoms with E-state index >= 15 is 0 Å². The van der Waals surface area contributed by atoms with E-state index in [9.17, 15) is 9.90 Å². The Labute approximate surface area is 162 Å². The van der Waals surface area contributed by atoms with Crippen LogP contribution < -0.4 is 11.7 Å². The molecule has 142 valence electrons. The van der Waals surface area contributed by atoms with Crippen LogP contribution in [0.2, 0.25) is 0 Å². The first-order valence-electron chi connectivity index (χ1n) is 8.65. The van der Waals surface area contributed by atoms with Crippen LogP contribution in [0.1, 0.15) is 38.2 Å². The first-order chi connectivity index (χ1) is 13.6. The molecule has 0 aliphatic rings. The second-order valence-corrected chi connectivity index (χ2v) is 6.39.